The fraction of sp³-hybridized carbons (Fsp3) is 0.0455. The Morgan fingerprint density at radius 3 is 2.74 bits per heavy atom. The van der Waals surface area contributed by atoms with Gasteiger partial charge in [0.15, 0.2) is 5.82 Å². The highest BCUT2D eigenvalue weighted by atomic mass is 32.1. The van der Waals surface area contributed by atoms with Crippen LogP contribution in [0.25, 0.3) is 33.7 Å². The molecule has 0 fully saturated rings. The van der Waals surface area contributed by atoms with Crippen molar-refractivity contribution in [3.63, 3.8) is 0 Å². The summed E-state index contributed by atoms with van der Waals surface area (Å²) in [5.74, 6) is 1.45. The first-order valence-corrected chi connectivity index (χ1v) is 10.1. The predicted octanol–water partition coefficient (Wildman–Crippen LogP) is 3.84. The van der Waals surface area contributed by atoms with Crippen molar-refractivity contribution < 1.29 is 9.34 Å². The van der Waals surface area contributed by atoms with Crippen LogP contribution < -0.4 is 10.1 Å². The summed E-state index contributed by atoms with van der Waals surface area (Å²) in [6, 6.07) is 17.3. The summed E-state index contributed by atoms with van der Waals surface area (Å²) in [4.78, 5) is 28.3. The van der Waals surface area contributed by atoms with Crippen molar-refractivity contribution in [2.75, 3.05) is 0 Å². The number of hydrogen-bond acceptors (Lipinski definition) is 7. The lowest BCUT2D eigenvalue weighted by Crippen LogP contribution is -2.23. The lowest BCUT2D eigenvalue weighted by Gasteiger charge is -1.98. The normalized spacial score (nSPS) is 12.0. The van der Waals surface area contributed by atoms with Gasteiger partial charge in [-0.15, -0.1) is 5.10 Å². The molecule has 2 aromatic carbocycles. The van der Waals surface area contributed by atoms with Gasteiger partial charge in [0.25, 0.3) is 11.2 Å². The number of nitro groups is 1. The Bertz CT molecular complexity index is 1560. The van der Waals surface area contributed by atoms with Gasteiger partial charge in [-0.05, 0) is 24.6 Å². The van der Waals surface area contributed by atoms with Gasteiger partial charge >= 0.3 is 0 Å². The standard InChI is InChI=1S/C22H14N4O4S/c1-13-5-2-3-8-17(13)20-23-22-25(24-20)21(27)19(31-22)12-16-9-10-18(30-16)14-6-4-7-15(11-14)26(28)29/h2-12H,1H3/b19-12-. The quantitative estimate of drug-likeness (QED) is 0.317. The number of thiazole rings is 1. The minimum Gasteiger partial charge on any atom is -0.457 e. The summed E-state index contributed by atoms with van der Waals surface area (Å²) in [6.07, 6.45) is 1.62. The monoisotopic (exact) mass is 430 g/mol. The first-order valence-electron chi connectivity index (χ1n) is 9.31. The third kappa shape index (κ3) is 3.40. The minimum absolute atomic E-state index is 0.0173. The van der Waals surface area contributed by atoms with E-state index in [4.69, 9.17) is 4.42 Å². The van der Waals surface area contributed by atoms with Crippen LogP contribution in [0.15, 0.2) is 69.9 Å². The zero-order valence-electron chi connectivity index (χ0n) is 16.2. The SMILES string of the molecule is Cc1ccccc1-c1nc2s/c(=C\c3ccc(-c4cccc([N+](=O)[O-])c4)o3)c(=O)n2n1. The molecule has 31 heavy (non-hydrogen) atoms. The minimum atomic E-state index is -0.456. The molecule has 0 amide bonds. The van der Waals surface area contributed by atoms with E-state index in [2.05, 4.69) is 10.1 Å². The summed E-state index contributed by atoms with van der Waals surface area (Å²) in [5, 5.41) is 15.4. The molecule has 3 heterocycles. The number of nitro benzene ring substituents is 1. The molecule has 0 bridgehead atoms. The molecule has 0 aliphatic carbocycles. The van der Waals surface area contributed by atoms with Gasteiger partial charge in [0.2, 0.25) is 4.96 Å². The molecule has 0 radical (unpaired) electrons. The van der Waals surface area contributed by atoms with Crippen molar-refractivity contribution in [3.8, 4) is 22.7 Å². The third-order valence-electron chi connectivity index (χ3n) is 4.81. The van der Waals surface area contributed by atoms with Crippen LogP contribution in [-0.2, 0) is 0 Å². The zero-order valence-corrected chi connectivity index (χ0v) is 17.0. The van der Waals surface area contributed by atoms with E-state index in [0.29, 0.717) is 32.4 Å². The Morgan fingerprint density at radius 2 is 1.97 bits per heavy atom. The smallest absolute Gasteiger partial charge is 0.291 e. The van der Waals surface area contributed by atoms with Crippen molar-refractivity contribution in [3.05, 3.63) is 97.0 Å². The van der Waals surface area contributed by atoms with Crippen LogP contribution in [0.4, 0.5) is 5.69 Å². The average Bonchev–Trinajstić information content (AvgIpc) is 3.46. The Labute approximate surface area is 178 Å². The highest BCUT2D eigenvalue weighted by molar-refractivity contribution is 7.15. The van der Waals surface area contributed by atoms with Crippen molar-refractivity contribution in [1.82, 2.24) is 14.6 Å². The predicted molar refractivity (Wildman–Crippen MR) is 117 cm³/mol. The van der Waals surface area contributed by atoms with E-state index in [1.54, 1.807) is 30.3 Å². The molecule has 0 atom stereocenters. The van der Waals surface area contributed by atoms with Crippen LogP contribution in [0, 0.1) is 17.0 Å². The first-order chi connectivity index (χ1) is 15.0. The summed E-state index contributed by atoms with van der Waals surface area (Å²) in [6.45, 7) is 1.97. The molecule has 152 valence electrons. The molecule has 3 aromatic heterocycles. The Morgan fingerprint density at radius 1 is 1.13 bits per heavy atom. The van der Waals surface area contributed by atoms with Crippen LogP contribution in [0.2, 0.25) is 0 Å². The van der Waals surface area contributed by atoms with E-state index in [1.165, 1.54) is 28.0 Å². The number of hydrogen-bond donors (Lipinski definition) is 0. The van der Waals surface area contributed by atoms with Crippen LogP contribution in [0.5, 0.6) is 0 Å². The lowest BCUT2D eigenvalue weighted by molar-refractivity contribution is -0.384. The molecule has 0 saturated carbocycles. The fourth-order valence-electron chi connectivity index (χ4n) is 3.26. The number of aromatic nitrogens is 3. The molecule has 9 heteroatoms. The fourth-order valence-corrected chi connectivity index (χ4v) is 4.15. The van der Waals surface area contributed by atoms with E-state index in [9.17, 15) is 14.9 Å². The summed E-state index contributed by atoms with van der Waals surface area (Å²) >= 11 is 1.22. The van der Waals surface area contributed by atoms with Gasteiger partial charge in [0.1, 0.15) is 16.1 Å². The van der Waals surface area contributed by atoms with Gasteiger partial charge in [-0.25, -0.2) is 0 Å². The summed E-state index contributed by atoms with van der Waals surface area (Å²) < 4.78 is 7.51. The average molecular weight is 430 g/mol. The number of furan rings is 1. The molecule has 0 N–H and O–H groups in total. The highest BCUT2D eigenvalue weighted by Gasteiger charge is 2.14. The van der Waals surface area contributed by atoms with E-state index in [0.717, 1.165) is 11.1 Å². The van der Waals surface area contributed by atoms with Crippen molar-refractivity contribution in [2.45, 2.75) is 6.92 Å². The molecule has 0 aliphatic rings. The molecular formula is C22H14N4O4S. The van der Waals surface area contributed by atoms with Crippen LogP contribution in [-0.4, -0.2) is 19.5 Å². The second-order valence-electron chi connectivity index (χ2n) is 6.87. The van der Waals surface area contributed by atoms with Gasteiger partial charge in [-0.2, -0.15) is 9.50 Å². The van der Waals surface area contributed by atoms with E-state index in [1.807, 2.05) is 31.2 Å². The maximum atomic E-state index is 12.8. The van der Waals surface area contributed by atoms with E-state index >= 15 is 0 Å². The number of nitrogens with zero attached hydrogens (tertiary/aromatic N) is 4. The Kier molecular flexibility index (Phi) is 4.45. The molecule has 5 rings (SSSR count). The van der Waals surface area contributed by atoms with Crippen LogP contribution in [0.1, 0.15) is 11.3 Å². The largest absolute Gasteiger partial charge is 0.457 e. The third-order valence-corrected chi connectivity index (χ3v) is 5.77. The molecular weight excluding hydrogens is 416 g/mol. The molecule has 0 spiro atoms. The molecule has 0 saturated heterocycles. The molecule has 5 aromatic rings. The molecule has 0 unspecified atom stereocenters. The van der Waals surface area contributed by atoms with E-state index < -0.39 is 4.92 Å². The lowest BCUT2D eigenvalue weighted by atomic mass is 10.1. The second kappa shape index (κ2) is 7.29. The van der Waals surface area contributed by atoms with Gasteiger partial charge in [0.05, 0.1) is 4.92 Å². The maximum absolute atomic E-state index is 12.8. The first kappa shape index (κ1) is 18.9. The zero-order chi connectivity index (χ0) is 21.5. The number of fused-ring (bicyclic) bond motifs is 1. The Balaban J connectivity index is 1.51. The molecule has 8 nitrogen and oxygen atoms in total. The maximum Gasteiger partial charge on any atom is 0.291 e. The highest BCUT2D eigenvalue weighted by Crippen LogP contribution is 2.26. The van der Waals surface area contributed by atoms with Crippen molar-refractivity contribution >= 4 is 28.1 Å². The van der Waals surface area contributed by atoms with Crippen molar-refractivity contribution in [1.29, 1.82) is 0 Å². The summed E-state index contributed by atoms with van der Waals surface area (Å²) in [7, 11) is 0. The van der Waals surface area contributed by atoms with Gasteiger partial charge in [0, 0.05) is 29.3 Å². The topological polar surface area (TPSA) is 104 Å². The van der Waals surface area contributed by atoms with Crippen LogP contribution in [0.3, 0.4) is 0 Å². The number of benzene rings is 2. The van der Waals surface area contributed by atoms with E-state index in [-0.39, 0.29) is 11.2 Å². The number of aryl methyl sites for hydroxylation is 1. The number of non-ortho nitro benzene ring substituents is 1. The van der Waals surface area contributed by atoms with Gasteiger partial charge in [-0.1, -0.05) is 47.7 Å². The summed E-state index contributed by atoms with van der Waals surface area (Å²) in [5.41, 5.74) is 2.21. The van der Waals surface area contributed by atoms with Crippen LogP contribution >= 0.6 is 11.3 Å². The number of rotatable bonds is 4. The molecule has 0 aliphatic heterocycles. The second-order valence-corrected chi connectivity index (χ2v) is 7.88. The Hall–Kier alpha value is -4.11. The van der Waals surface area contributed by atoms with Gasteiger partial charge in [-0.3, -0.25) is 14.9 Å². The van der Waals surface area contributed by atoms with Crippen molar-refractivity contribution in [2.24, 2.45) is 0 Å². The van der Waals surface area contributed by atoms with Gasteiger partial charge < -0.3 is 4.42 Å².